The lowest BCUT2D eigenvalue weighted by atomic mass is 9.88. The first kappa shape index (κ1) is 14.3. The lowest BCUT2D eigenvalue weighted by Crippen LogP contribution is -2.51. The molecule has 1 spiro atoms. The number of carbonyl (C=O) groups is 2. The largest absolute Gasteiger partial charge is 0.481 e. The van der Waals surface area contributed by atoms with E-state index in [1.54, 1.807) is 18.7 Å². The number of amides is 1. The van der Waals surface area contributed by atoms with Gasteiger partial charge >= 0.3 is 5.97 Å². The molecule has 1 N–H and O–H groups in total. The molecule has 19 heavy (non-hydrogen) atoms. The van der Waals surface area contributed by atoms with Crippen LogP contribution in [-0.2, 0) is 19.1 Å². The average molecular weight is 271 g/mol. The molecule has 2 aliphatic heterocycles. The van der Waals surface area contributed by atoms with Crippen LogP contribution in [0.2, 0.25) is 0 Å². The highest BCUT2D eigenvalue weighted by Gasteiger charge is 2.43. The van der Waals surface area contributed by atoms with Gasteiger partial charge in [0.1, 0.15) is 0 Å². The van der Waals surface area contributed by atoms with Crippen molar-refractivity contribution in [1.82, 2.24) is 4.90 Å². The Labute approximate surface area is 112 Å². The van der Waals surface area contributed by atoms with Crippen LogP contribution >= 0.6 is 0 Å². The summed E-state index contributed by atoms with van der Waals surface area (Å²) in [7, 11) is 0. The molecular formula is C13H21NO5. The van der Waals surface area contributed by atoms with Crippen LogP contribution in [0.5, 0.6) is 0 Å². The minimum Gasteiger partial charge on any atom is -0.481 e. The second-order valence-corrected chi connectivity index (χ2v) is 5.89. The molecule has 0 aromatic carbocycles. The molecule has 2 fully saturated rings. The van der Waals surface area contributed by atoms with Crippen molar-refractivity contribution in [3.63, 3.8) is 0 Å². The number of carboxylic acid groups (broad SMARTS) is 1. The summed E-state index contributed by atoms with van der Waals surface area (Å²) in [5.41, 5.74) is -1.04. The Morgan fingerprint density at radius 3 is 2.53 bits per heavy atom. The summed E-state index contributed by atoms with van der Waals surface area (Å²) >= 11 is 0. The summed E-state index contributed by atoms with van der Waals surface area (Å²) in [6, 6.07) is 0. The molecule has 0 unspecified atom stereocenters. The Kier molecular flexibility index (Phi) is 3.82. The van der Waals surface area contributed by atoms with E-state index >= 15 is 0 Å². The number of likely N-dealkylation sites (tertiary alicyclic amines) is 1. The van der Waals surface area contributed by atoms with Crippen LogP contribution in [0, 0.1) is 5.41 Å². The summed E-state index contributed by atoms with van der Waals surface area (Å²) in [6.07, 6.45) is 1.61. The van der Waals surface area contributed by atoms with Crippen molar-refractivity contribution in [2.45, 2.75) is 38.9 Å². The number of carboxylic acids is 1. The first-order valence-electron chi connectivity index (χ1n) is 6.64. The second kappa shape index (κ2) is 5.09. The Hall–Kier alpha value is -1.14. The number of piperidine rings is 1. The van der Waals surface area contributed by atoms with Crippen LogP contribution in [-0.4, -0.2) is 54.0 Å². The van der Waals surface area contributed by atoms with Crippen molar-refractivity contribution in [3.8, 4) is 0 Å². The van der Waals surface area contributed by atoms with E-state index in [1.807, 2.05) is 0 Å². The van der Waals surface area contributed by atoms with Gasteiger partial charge in [-0.15, -0.1) is 0 Å². The third-order valence-corrected chi connectivity index (χ3v) is 3.76. The van der Waals surface area contributed by atoms with E-state index < -0.39 is 17.2 Å². The molecule has 1 amide bonds. The number of ether oxygens (including phenoxy) is 2. The fourth-order valence-corrected chi connectivity index (χ4v) is 2.50. The zero-order chi connectivity index (χ0) is 14.1. The third-order valence-electron chi connectivity index (χ3n) is 3.76. The van der Waals surface area contributed by atoms with E-state index in [-0.39, 0.29) is 12.3 Å². The van der Waals surface area contributed by atoms with Crippen LogP contribution in [0.25, 0.3) is 0 Å². The Balaban J connectivity index is 1.97. The number of hydrogen-bond donors (Lipinski definition) is 1. The highest BCUT2D eigenvalue weighted by atomic mass is 16.7. The smallest absolute Gasteiger partial charge is 0.309 e. The molecule has 2 heterocycles. The summed E-state index contributed by atoms with van der Waals surface area (Å²) in [5, 5.41) is 9.07. The summed E-state index contributed by atoms with van der Waals surface area (Å²) in [6.45, 7) is 5.29. The van der Waals surface area contributed by atoms with Gasteiger partial charge in [-0.1, -0.05) is 0 Å². The maximum Gasteiger partial charge on any atom is 0.309 e. The van der Waals surface area contributed by atoms with Crippen molar-refractivity contribution in [2.24, 2.45) is 5.41 Å². The van der Waals surface area contributed by atoms with Crippen LogP contribution < -0.4 is 0 Å². The molecule has 2 aliphatic rings. The van der Waals surface area contributed by atoms with Gasteiger partial charge in [0, 0.05) is 19.4 Å². The zero-order valence-corrected chi connectivity index (χ0v) is 11.5. The van der Waals surface area contributed by atoms with Gasteiger partial charge in [-0.2, -0.15) is 0 Å². The molecule has 0 atom stereocenters. The Morgan fingerprint density at radius 2 is 1.95 bits per heavy atom. The number of aliphatic carboxylic acids is 1. The Bertz CT molecular complexity index is 373. The SMILES string of the molecule is CC(C)(CC(=O)N1CCCC2(C1)OCCO2)C(=O)O. The standard InChI is InChI=1S/C13H21NO5/c1-12(2,11(16)17)8-10(15)14-5-3-4-13(9-14)18-6-7-19-13/h3-9H2,1-2H3,(H,16,17). The van der Waals surface area contributed by atoms with Crippen molar-refractivity contribution >= 4 is 11.9 Å². The van der Waals surface area contributed by atoms with Crippen LogP contribution in [0.3, 0.4) is 0 Å². The van der Waals surface area contributed by atoms with Gasteiger partial charge in [-0.05, 0) is 20.3 Å². The topological polar surface area (TPSA) is 76.1 Å². The van der Waals surface area contributed by atoms with Crippen LogP contribution in [0.4, 0.5) is 0 Å². The minimum absolute atomic E-state index is 0.00157. The van der Waals surface area contributed by atoms with Gasteiger partial charge in [0.15, 0.2) is 5.79 Å². The molecule has 0 aliphatic carbocycles. The summed E-state index contributed by atoms with van der Waals surface area (Å²) < 4.78 is 11.2. The molecule has 6 nitrogen and oxygen atoms in total. The Morgan fingerprint density at radius 1 is 1.32 bits per heavy atom. The lowest BCUT2D eigenvalue weighted by Gasteiger charge is -2.39. The van der Waals surface area contributed by atoms with Gasteiger partial charge in [0.2, 0.25) is 5.91 Å². The van der Waals surface area contributed by atoms with Crippen molar-refractivity contribution < 1.29 is 24.2 Å². The molecule has 0 saturated carbocycles. The number of nitrogens with zero attached hydrogens (tertiary/aromatic N) is 1. The number of hydrogen-bond acceptors (Lipinski definition) is 4. The summed E-state index contributed by atoms with van der Waals surface area (Å²) in [4.78, 5) is 24.9. The molecule has 0 aromatic heterocycles. The maximum absolute atomic E-state index is 12.2. The van der Waals surface area contributed by atoms with Crippen LogP contribution in [0.1, 0.15) is 33.1 Å². The van der Waals surface area contributed by atoms with Crippen molar-refractivity contribution in [1.29, 1.82) is 0 Å². The number of rotatable bonds is 3. The first-order chi connectivity index (χ1) is 8.85. The second-order valence-electron chi connectivity index (χ2n) is 5.89. The highest BCUT2D eigenvalue weighted by molar-refractivity contribution is 5.84. The quantitative estimate of drug-likeness (QED) is 0.823. The van der Waals surface area contributed by atoms with E-state index in [9.17, 15) is 9.59 Å². The van der Waals surface area contributed by atoms with Gasteiger partial charge in [0.25, 0.3) is 0 Å². The van der Waals surface area contributed by atoms with Crippen molar-refractivity contribution in [3.05, 3.63) is 0 Å². The van der Waals surface area contributed by atoms with E-state index in [2.05, 4.69) is 0 Å². The summed E-state index contributed by atoms with van der Waals surface area (Å²) in [5.74, 6) is -1.76. The average Bonchev–Trinajstić information content (AvgIpc) is 2.76. The van der Waals surface area contributed by atoms with Crippen LogP contribution in [0.15, 0.2) is 0 Å². The minimum atomic E-state index is -1.04. The third kappa shape index (κ3) is 3.06. The van der Waals surface area contributed by atoms with Gasteiger partial charge in [-0.3, -0.25) is 9.59 Å². The van der Waals surface area contributed by atoms with Gasteiger partial charge < -0.3 is 19.5 Å². The first-order valence-corrected chi connectivity index (χ1v) is 6.64. The van der Waals surface area contributed by atoms with E-state index in [0.29, 0.717) is 26.3 Å². The number of carbonyl (C=O) groups excluding carboxylic acids is 1. The van der Waals surface area contributed by atoms with E-state index in [1.165, 1.54) is 0 Å². The molecule has 0 radical (unpaired) electrons. The molecule has 0 bridgehead atoms. The normalized spacial score (nSPS) is 22.7. The molecule has 0 aromatic rings. The molecule has 2 saturated heterocycles. The fraction of sp³-hybridized carbons (Fsp3) is 0.846. The van der Waals surface area contributed by atoms with Crippen molar-refractivity contribution in [2.75, 3.05) is 26.3 Å². The van der Waals surface area contributed by atoms with E-state index in [4.69, 9.17) is 14.6 Å². The molecule has 108 valence electrons. The van der Waals surface area contributed by atoms with E-state index in [0.717, 1.165) is 12.8 Å². The molecular weight excluding hydrogens is 250 g/mol. The lowest BCUT2D eigenvalue weighted by molar-refractivity contribution is -0.194. The highest BCUT2D eigenvalue weighted by Crippen LogP contribution is 2.31. The van der Waals surface area contributed by atoms with Gasteiger partial charge in [-0.25, -0.2) is 0 Å². The molecule has 2 rings (SSSR count). The predicted octanol–water partition coefficient (Wildman–Crippen LogP) is 0.853. The molecule has 6 heteroatoms. The zero-order valence-electron chi connectivity index (χ0n) is 11.5. The van der Waals surface area contributed by atoms with Gasteiger partial charge in [0.05, 0.1) is 25.2 Å². The fourth-order valence-electron chi connectivity index (χ4n) is 2.50. The monoisotopic (exact) mass is 271 g/mol. The predicted molar refractivity (Wildman–Crippen MR) is 66.5 cm³/mol. The maximum atomic E-state index is 12.2.